The summed E-state index contributed by atoms with van der Waals surface area (Å²) in [4.78, 5) is 19.7. The Bertz CT molecular complexity index is 1380. The molecule has 0 bridgehead atoms. The quantitative estimate of drug-likeness (QED) is 0.220. The first-order valence-corrected chi connectivity index (χ1v) is 13.2. The number of thioether (sulfide) groups is 1. The van der Waals surface area contributed by atoms with Crippen LogP contribution in [0.2, 0.25) is 5.02 Å². The van der Waals surface area contributed by atoms with Crippen LogP contribution in [0.5, 0.6) is 5.75 Å². The molecule has 5 rings (SSSR count). The topological polar surface area (TPSA) is 54.5 Å². The van der Waals surface area contributed by atoms with E-state index in [1.54, 1.807) is 7.11 Å². The number of fused-ring (bicyclic) bond motifs is 2. The number of nitrogens with zero attached hydrogens (tertiary/aromatic N) is 2. The first-order chi connectivity index (χ1) is 17.0. The van der Waals surface area contributed by atoms with Crippen molar-refractivity contribution in [1.29, 1.82) is 0 Å². The van der Waals surface area contributed by atoms with Gasteiger partial charge in [-0.2, -0.15) is 0 Å². The highest BCUT2D eigenvalue weighted by atomic mass is 35.5. The second-order valence-electron chi connectivity index (χ2n) is 8.78. The van der Waals surface area contributed by atoms with E-state index in [-0.39, 0.29) is 11.3 Å². The fraction of sp³-hybridized carbons (Fsp3) is 0.286. The summed E-state index contributed by atoms with van der Waals surface area (Å²) in [7, 11) is 1.67. The van der Waals surface area contributed by atoms with Gasteiger partial charge in [-0.05, 0) is 55.3 Å². The van der Waals surface area contributed by atoms with Gasteiger partial charge in [0.25, 0.3) is 0 Å². The molecule has 1 unspecified atom stereocenters. The molecule has 1 fully saturated rings. The third kappa shape index (κ3) is 5.04. The molecular formula is C28H28ClN3O2S. The minimum atomic E-state index is 0.0749. The highest BCUT2D eigenvalue weighted by Crippen LogP contribution is 2.38. The van der Waals surface area contributed by atoms with Gasteiger partial charge < -0.3 is 15.0 Å². The zero-order chi connectivity index (χ0) is 24.4. The third-order valence-corrected chi connectivity index (χ3v) is 7.90. The molecule has 7 heteroatoms. The van der Waals surface area contributed by atoms with Crippen LogP contribution in [0, 0.1) is 6.92 Å². The molecule has 1 atom stereocenters. The van der Waals surface area contributed by atoms with Gasteiger partial charge in [-0.1, -0.05) is 41.4 Å². The maximum atomic E-state index is 12.8. The van der Waals surface area contributed by atoms with Crippen LogP contribution in [-0.2, 0) is 4.79 Å². The number of carbonyl (C=O) groups is 1. The molecule has 0 radical (unpaired) electrons. The summed E-state index contributed by atoms with van der Waals surface area (Å²) in [6.45, 7) is 3.51. The number of carbonyl (C=O) groups excluding carboxylic acids is 1. The Balaban J connectivity index is 1.36. The van der Waals surface area contributed by atoms with Crippen molar-refractivity contribution >= 4 is 56.8 Å². The van der Waals surface area contributed by atoms with Crippen LogP contribution < -0.4 is 10.1 Å². The molecule has 2 heterocycles. The second kappa shape index (κ2) is 10.3. The number of pyridine rings is 1. The summed E-state index contributed by atoms with van der Waals surface area (Å²) >= 11 is 8.10. The van der Waals surface area contributed by atoms with Crippen molar-refractivity contribution in [2.45, 2.75) is 25.1 Å². The summed E-state index contributed by atoms with van der Waals surface area (Å²) in [5.74, 6) is 1.88. The number of methoxy groups -OCH3 is 1. The van der Waals surface area contributed by atoms with Crippen molar-refractivity contribution in [2.75, 3.05) is 31.3 Å². The molecule has 0 spiro atoms. The van der Waals surface area contributed by atoms with Crippen LogP contribution in [0.1, 0.15) is 29.3 Å². The Morgan fingerprint density at radius 1 is 1.09 bits per heavy atom. The zero-order valence-electron chi connectivity index (χ0n) is 19.9. The van der Waals surface area contributed by atoms with Crippen LogP contribution in [-0.4, -0.2) is 41.7 Å². The van der Waals surface area contributed by atoms with Crippen molar-refractivity contribution in [2.24, 2.45) is 0 Å². The Morgan fingerprint density at radius 2 is 1.91 bits per heavy atom. The fourth-order valence-electron chi connectivity index (χ4n) is 4.55. The van der Waals surface area contributed by atoms with E-state index in [1.807, 2.05) is 53.1 Å². The third-order valence-electron chi connectivity index (χ3n) is 6.38. The predicted molar refractivity (Wildman–Crippen MR) is 147 cm³/mol. The van der Waals surface area contributed by atoms with Gasteiger partial charge in [0.2, 0.25) is 5.91 Å². The fourth-order valence-corrected chi connectivity index (χ4v) is 5.98. The van der Waals surface area contributed by atoms with Crippen LogP contribution >= 0.6 is 23.4 Å². The van der Waals surface area contributed by atoms with Crippen molar-refractivity contribution < 1.29 is 9.53 Å². The molecule has 4 aromatic rings. The molecule has 1 aliphatic rings. The Labute approximate surface area is 214 Å². The molecule has 35 heavy (non-hydrogen) atoms. The van der Waals surface area contributed by atoms with Gasteiger partial charge in [0.05, 0.1) is 23.8 Å². The van der Waals surface area contributed by atoms with Crippen molar-refractivity contribution in [3.8, 4) is 5.75 Å². The van der Waals surface area contributed by atoms with E-state index in [0.29, 0.717) is 18.0 Å². The van der Waals surface area contributed by atoms with E-state index in [1.165, 1.54) is 11.1 Å². The molecule has 180 valence electrons. The number of halogens is 1. The second-order valence-corrected chi connectivity index (χ2v) is 10.4. The standard InChI is InChI=1S/C28H28ClN3O2S/c1-18-4-6-19(7-5-18)28-32(26(33)12-15-35-28)14-3-13-30-27-22-10-8-20(29)16-25(22)31-24-11-9-21(34-2)17-23(24)27/h4-11,16-17,28H,3,12-15H2,1-2H3,(H,30,31). The van der Waals surface area contributed by atoms with E-state index in [9.17, 15) is 4.79 Å². The van der Waals surface area contributed by atoms with Crippen LogP contribution in [0.4, 0.5) is 5.69 Å². The van der Waals surface area contributed by atoms with Gasteiger partial charge in [0.1, 0.15) is 11.1 Å². The SMILES string of the molecule is COc1ccc2nc3cc(Cl)ccc3c(NCCCN3C(=O)CCSC3c3ccc(C)cc3)c2c1. The largest absolute Gasteiger partial charge is 0.497 e. The molecule has 0 saturated carbocycles. The van der Waals surface area contributed by atoms with E-state index < -0.39 is 0 Å². The molecule has 1 saturated heterocycles. The van der Waals surface area contributed by atoms with Gasteiger partial charge in [0.15, 0.2) is 0 Å². The highest BCUT2D eigenvalue weighted by Gasteiger charge is 2.29. The lowest BCUT2D eigenvalue weighted by molar-refractivity contribution is -0.132. The number of hydrogen-bond donors (Lipinski definition) is 1. The van der Waals surface area contributed by atoms with Gasteiger partial charge in [0, 0.05) is 41.1 Å². The number of rotatable bonds is 7. The minimum absolute atomic E-state index is 0.0749. The number of anilines is 1. The molecule has 1 aromatic heterocycles. The monoisotopic (exact) mass is 505 g/mol. The Morgan fingerprint density at radius 3 is 2.71 bits per heavy atom. The number of nitrogens with one attached hydrogen (secondary N) is 1. The van der Waals surface area contributed by atoms with Gasteiger partial charge in [-0.15, -0.1) is 11.8 Å². The van der Waals surface area contributed by atoms with Crippen LogP contribution in [0.15, 0.2) is 60.7 Å². The van der Waals surface area contributed by atoms with Gasteiger partial charge in [-0.25, -0.2) is 4.98 Å². The maximum Gasteiger partial charge on any atom is 0.224 e. The lowest BCUT2D eigenvalue weighted by Gasteiger charge is -2.35. The summed E-state index contributed by atoms with van der Waals surface area (Å²) in [5, 5.41) is 6.38. The predicted octanol–water partition coefficient (Wildman–Crippen LogP) is 6.82. The average Bonchev–Trinajstić information content (AvgIpc) is 2.86. The molecule has 0 aliphatic carbocycles. The minimum Gasteiger partial charge on any atom is -0.497 e. The maximum absolute atomic E-state index is 12.8. The van der Waals surface area contributed by atoms with E-state index in [2.05, 4.69) is 36.5 Å². The summed E-state index contributed by atoms with van der Waals surface area (Å²) in [6, 6.07) is 20.2. The van der Waals surface area contributed by atoms with E-state index >= 15 is 0 Å². The molecule has 1 N–H and O–H groups in total. The Kier molecular flexibility index (Phi) is 7.02. The Hall–Kier alpha value is -2.96. The van der Waals surface area contributed by atoms with Crippen molar-refractivity contribution in [3.63, 3.8) is 0 Å². The van der Waals surface area contributed by atoms with E-state index in [0.717, 1.165) is 52.0 Å². The first-order valence-electron chi connectivity index (χ1n) is 11.8. The lowest BCUT2D eigenvalue weighted by Crippen LogP contribution is -2.38. The summed E-state index contributed by atoms with van der Waals surface area (Å²) in [6.07, 6.45) is 1.43. The van der Waals surface area contributed by atoms with Crippen LogP contribution in [0.3, 0.4) is 0 Å². The average molecular weight is 506 g/mol. The number of aromatic nitrogens is 1. The van der Waals surface area contributed by atoms with Crippen molar-refractivity contribution in [1.82, 2.24) is 9.88 Å². The molecule has 1 amide bonds. The first kappa shape index (κ1) is 23.8. The van der Waals surface area contributed by atoms with Crippen LogP contribution in [0.25, 0.3) is 21.8 Å². The molecule has 3 aromatic carbocycles. The lowest BCUT2D eigenvalue weighted by atomic mass is 10.1. The number of benzene rings is 3. The smallest absolute Gasteiger partial charge is 0.224 e. The number of aryl methyl sites for hydroxylation is 1. The van der Waals surface area contributed by atoms with E-state index in [4.69, 9.17) is 21.3 Å². The normalized spacial score (nSPS) is 16.1. The zero-order valence-corrected chi connectivity index (χ0v) is 21.5. The summed E-state index contributed by atoms with van der Waals surface area (Å²) < 4.78 is 5.46. The number of ether oxygens (including phenoxy) is 1. The number of amides is 1. The van der Waals surface area contributed by atoms with Gasteiger partial charge >= 0.3 is 0 Å². The highest BCUT2D eigenvalue weighted by molar-refractivity contribution is 7.99. The molecule has 5 nitrogen and oxygen atoms in total. The van der Waals surface area contributed by atoms with Crippen molar-refractivity contribution in [3.05, 3.63) is 76.8 Å². The molecule has 1 aliphatic heterocycles. The molecular weight excluding hydrogens is 478 g/mol. The number of hydrogen-bond acceptors (Lipinski definition) is 5. The van der Waals surface area contributed by atoms with Gasteiger partial charge in [-0.3, -0.25) is 4.79 Å². The summed E-state index contributed by atoms with van der Waals surface area (Å²) in [5.41, 5.74) is 5.16.